The largest absolute Gasteiger partial charge is 0.337 e. The second-order valence-electron chi connectivity index (χ2n) is 8.28. The van der Waals surface area contributed by atoms with Gasteiger partial charge < -0.3 is 9.80 Å². The fourth-order valence-corrected chi connectivity index (χ4v) is 4.14. The van der Waals surface area contributed by atoms with E-state index in [9.17, 15) is 23.6 Å². The third-order valence-electron chi connectivity index (χ3n) is 5.84. The van der Waals surface area contributed by atoms with Gasteiger partial charge in [0.2, 0.25) is 0 Å². The minimum absolute atomic E-state index is 0.199. The minimum atomic E-state index is -0.403. The van der Waals surface area contributed by atoms with Crippen molar-refractivity contribution >= 4 is 23.6 Å². The molecule has 4 rings (SSSR count). The van der Waals surface area contributed by atoms with Gasteiger partial charge in [-0.05, 0) is 62.7 Å². The van der Waals surface area contributed by atoms with E-state index < -0.39 is 5.82 Å². The summed E-state index contributed by atoms with van der Waals surface area (Å²) in [5.41, 5.74) is 1.31. The SMILES string of the molecule is CC(C)N1C(=O)c2ccc(C(=O)N3CCCN(C(=O)c4ccc(F)cc4)CC3)cc2C1=O. The molecule has 166 valence electrons. The monoisotopic (exact) mass is 437 g/mol. The van der Waals surface area contributed by atoms with Gasteiger partial charge in [0.05, 0.1) is 11.1 Å². The smallest absolute Gasteiger partial charge is 0.261 e. The predicted molar refractivity (Wildman–Crippen MR) is 115 cm³/mol. The van der Waals surface area contributed by atoms with Crippen LogP contribution in [-0.2, 0) is 0 Å². The maximum absolute atomic E-state index is 13.1. The maximum atomic E-state index is 13.1. The van der Waals surface area contributed by atoms with Gasteiger partial charge in [0, 0.05) is 43.3 Å². The average molecular weight is 437 g/mol. The van der Waals surface area contributed by atoms with Crippen molar-refractivity contribution in [1.82, 2.24) is 14.7 Å². The molecule has 2 heterocycles. The average Bonchev–Trinajstić information content (AvgIpc) is 2.93. The van der Waals surface area contributed by atoms with Crippen LogP contribution >= 0.6 is 0 Å². The summed E-state index contributed by atoms with van der Waals surface area (Å²) in [5.74, 6) is -1.58. The Bertz CT molecular complexity index is 1100. The maximum Gasteiger partial charge on any atom is 0.261 e. The summed E-state index contributed by atoms with van der Waals surface area (Å²) in [6.45, 7) is 5.18. The van der Waals surface area contributed by atoms with Crippen LogP contribution < -0.4 is 0 Å². The Morgan fingerprint density at radius 3 is 1.91 bits per heavy atom. The molecule has 0 aromatic heterocycles. The van der Waals surface area contributed by atoms with Crippen LogP contribution in [0.5, 0.6) is 0 Å². The van der Waals surface area contributed by atoms with Crippen LogP contribution in [0.4, 0.5) is 4.39 Å². The number of fused-ring (bicyclic) bond motifs is 1. The first-order valence-electron chi connectivity index (χ1n) is 10.6. The van der Waals surface area contributed by atoms with E-state index >= 15 is 0 Å². The fourth-order valence-electron chi connectivity index (χ4n) is 4.14. The Morgan fingerprint density at radius 1 is 0.781 bits per heavy atom. The van der Waals surface area contributed by atoms with E-state index in [0.717, 1.165) is 0 Å². The first kappa shape index (κ1) is 21.7. The second-order valence-corrected chi connectivity index (χ2v) is 8.28. The molecule has 1 fully saturated rings. The highest BCUT2D eigenvalue weighted by molar-refractivity contribution is 6.22. The summed E-state index contributed by atoms with van der Waals surface area (Å²) in [5, 5.41) is 0. The lowest BCUT2D eigenvalue weighted by atomic mass is 10.0. The predicted octanol–water partition coefficient (Wildman–Crippen LogP) is 2.82. The van der Waals surface area contributed by atoms with Gasteiger partial charge >= 0.3 is 0 Å². The molecule has 0 spiro atoms. The zero-order chi connectivity index (χ0) is 23.0. The highest BCUT2D eigenvalue weighted by Crippen LogP contribution is 2.26. The molecule has 1 saturated heterocycles. The molecule has 0 aliphatic carbocycles. The number of halogens is 1. The van der Waals surface area contributed by atoms with Crippen molar-refractivity contribution in [2.24, 2.45) is 0 Å². The summed E-state index contributed by atoms with van der Waals surface area (Å²) < 4.78 is 13.1. The van der Waals surface area contributed by atoms with Crippen molar-refractivity contribution in [3.05, 3.63) is 70.5 Å². The second kappa shape index (κ2) is 8.53. The number of benzene rings is 2. The normalized spacial score (nSPS) is 16.4. The lowest BCUT2D eigenvalue weighted by Crippen LogP contribution is -2.37. The van der Waals surface area contributed by atoms with E-state index in [0.29, 0.717) is 49.3 Å². The molecule has 32 heavy (non-hydrogen) atoms. The van der Waals surface area contributed by atoms with E-state index in [4.69, 9.17) is 0 Å². The van der Waals surface area contributed by atoms with Crippen molar-refractivity contribution in [3.8, 4) is 0 Å². The van der Waals surface area contributed by atoms with Gasteiger partial charge in [0.15, 0.2) is 0 Å². The van der Waals surface area contributed by atoms with E-state index in [1.165, 1.54) is 41.3 Å². The molecule has 7 nitrogen and oxygen atoms in total. The summed E-state index contributed by atoms with van der Waals surface area (Å²) in [4.78, 5) is 55.4. The first-order valence-corrected chi connectivity index (χ1v) is 10.6. The molecule has 2 aromatic carbocycles. The van der Waals surface area contributed by atoms with Gasteiger partial charge in [-0.3, -0.25) is 24.1 Å². The van der Waals surface area contributed by atoms with Crippen molar-refractivity contribution in [1.29, 1.82) is 0 Å². The molecule has 0 radical (unpaired) electrons. The van der Waals surface area contributed by atoms with E-state index in [2.05, 4.69) is 0 Å². The quantitative estimate of drug-likeness (QED) is 0.692. The topological polar surface area (TPSA) is 78.0 Å². The molecular formula is C24H24FN3O4. The number of rotatable bonds is 3. The number of carbonyl (C=O) groups is 4. The standard InChI is InChI=1S/C24H24FN3O4/c1-15(2)28-23(31)19-9-6-17(14-20(19)24(28)32)22(30)27-11-3-10-26(12-13-27)21(29)16-4-7-18(25)8-5-16/h4-9,14-15H,3,10-13H2,1-2H3. The van der Waals surface area contributed by atoms with Gasteiger partial charge in [-0.1, -0.05) is 0 Å². The zero-order valence-corrected chi connectivity index (χ0v) is 18.0. The molecule has 0 unspecified atom stereocenters. The number of amides is 4. The van der Waals surface area contributed by atoms with Crippen LogP contribution in [0.2, 0.25) is 0 Å². The Labute approximate surface area is 185 Å². The summed E-state index contributed by atoms with van der Waals surface area (Å²) in [6.07, 6.45) is 0.599. The Balaban J connectivity index is 1.47. The van der Waals surface area contributed by atoms with Gasteiger partial charge in [0.25, 0.3) is 23.6 Å². The number of nitrogens with zero attached hydrogens (tertiary/aromatic N) is 3. The van der Waals surface area contributed by atoms with Crippen LogP contribution in [0.15, 0.2) is 42.5 Å². The van der Waals surface area contributed by atoms with Gasteiger partial charge in [0.1, 0.15) is 5.82 Å². The van der Waals surface area contributed by atoms with Gasteiger partial charge in [-0.25, -0.2) is 4.39 Å². The molecule has 2 aliphatic rings. The van der Waals surface area contributed by atoms with Crippen LogP contribution in [0, 0.1) is 5.82 Å². The lowest BCUT2D eigenvalue weighted by molar-refractivity contribution is 0.0608. The molecule has 4 amide bonds. The molecule has 0 bridgehead atoms. The summed E-state index contributed by atoms with van der Waals surface area (Å²) >= 11 is 0. The molecule has 0 N–H and O–H groups in total. The van der Waals surface area contributed by atoms with Gasteiger partial charge in [-0.15, -0.1) is 0 Å². The van der Waals surface area contributed by atoms with E-state index in [-0.39, 0.29) is 35.2 Å². The highest BCUT2D eigenvalue weighted by atomic mass is 19.1. The summed E-state index contributed by atoms with van der Waals surface area (Å²) in [7, 11) is 0. The molecular weight excluding hydrogens is 413 g/mol. The number of carbonyl (C=O) groups excluding carboxylic acids is 4. The minimum Gasteiger partial charge on any atom is -0.337 e. The van der Waals surface area contributed by atoms with Crippen molar-refractivity contribution < 1.29 is 23.6 Å². The van der Waals surface area contributed by atoms with Crippen molar-refractivity contribution in [2.45, 2.75) is 26.3 Å². The molecule has 0 atom stereocenters. The fraction of sp³-hybridized carbons (Fsp3) is 0.333. The van der Waals surface area contributed by atoms with Crippen LogP contribution in [0.25, 0.3) is 0 Å². The Kier molecular flexibility index (Phi) is 5.78. The van der Waals surface area contributed by atoms with Crippen molar-refractivity contribution in [3.63, 3.8) is 0 Å². The third kappa shape index (κ3) is 3.88. The van der Waals surface area contributed by atoms with E-state index in [1.54, 1.807) is 29.7 Å². The van der Waals surface area contributed by atoms with Crippen LogP contribution in [0.3, 0.4) is 0 Å². The van der Waals surface area contributed by atoms with E-state index in [1.807, 2.05) is 0 Å². The number of imide groups is 1. The molecule has 8 heteroatoms. The number of hydrogen-bond donors (Lipinski definition) is 0. The first-order chi connectivity index (χ1) is 15.3. The zero-order valence-electron chi connectivity index (χ0n) is 18.0. The van der Waals surface area contributed by atoms with Gasteiger partial charge in [-0.2, -0.15) is 0 Å². The Morgan fingerprint density at radius 2 is 1.31 bits per heavy atom. The van der Waals surface area contributed by atoms with Crippen LogP contribution in [-0.4, -0.2) is 70.5 Å². The van der Waals surface area contributed by atoms with Crippen molar-refractivity contribution in [2.75, 3.05) is 26.2 Å². The molecule has 2 aliphatic heterocycles. The summed E-state index contributed by atoms with van der Waals surface area (Å²) in [6, 6.07) is 9.74. The lowest BCUT2D eigenvalue weighted by Gasteiger charge is -2.22. The van der Waals surface area contributed by atoms with Crippen LogP contribution in [0.1, 0.15) is 61.7 Å². The Hall–Kier alpha value is -3.55. The highest BCUT2D eigenvalue weighted by Gasteiger charge is 2.37. The third-order valence-corrected chi connectivity index (χ3v) is 5.84. The number of hydrogen-bond acceptors (Lipinski definition) is 4. The molecule has 2 aromatic rings. The molecule has 0 saturated carbocycles.